The molecule has 4 N–H and O–H groups in total. The molecule has 13 heteroatoms. The van der Waals surface area contributed by atoms with Crippen molar-refractivity contribution < 1.29 is 34.0 Å². The van der Waals surface area contributed by atoms with Crippen LogP contribution in [0.4, 0.5) is 20.2 Å². The van der Waals surface area contributed by atoms with E-state index in [1.165, 1.54) is 6.07 Å². The highest BCUT2D eigenvalue weighted by Gasteiger charge is 2.64. The molecule has 0 unspecified atom stereocenters. The summed E-state index contributed by atoms with van der Waals surface area (Å²) < 4.78 is 27.0. The lowest BCUT2D eigenvalue weighted by atomic mass is 9.96. The van der Waals surface area contributed by atoms with E-state index in [9.17, 15) is 39.3 Å². The van der Waals surface area contributed by atoms with Crippen LogP contribution in [0, 0.1) is 17.1 Å². The van der Waals surface area contributed by atoms with Crippen molar-refractivity contribution in [1.29, 1.82) is 5.26 Å². The van der Waals surface area contributed by atoms with Crippen molar-refractivity contribution in [3.8, 4) is 6.07 Å². The van der Waals surface area contributed by atoms with Crippen molar-refractivity contribution in [2.45, 2.75) is 11.8 Å². The zero-order chi connectivity index (χ0) is 23.6. The molecule has 0 saturated heterocycles. The van der Waals surface area contributed by atoms with Gasteiger partial charge in [0.05, 0.1) is 34.1 Å². The Labute approximate surface area is 192 Å². The Balaban J connectivity index is 2.01. The Morgan fingerprint density at radius 2 is 1.97 bits per heavy atom. The summed E-state index contributed by atoms with van der Waals surface area (Å²) in [4.78, 5) is 18.3. The number of nitriles is 1. The molecule has 2 aliphatic heterocycles. The largest absolute Gasteiger partial charge is 0.347 e. The first-order valence-corrected chi connectivity index (χ1v) is 10.0. The number of halogens is 4. The number of nitrogens with zero attached hydrogens (tertiary/aromatic N) is 4. The Bertz CT molecular complexity index is 1250. The van der Waals surface area contributed by atoms with Gasteiger partial charge in [-0.1, -0.05) is 11.6 Å². The summed E-state index contributed by atoms with van der Waals surface area (Å²) in [6.07, 6.45) is 0. The van der Waals surface area contributed by atoms with Crippen molar-refractivity contribution in [1.82, 2.24) is 0 Å². The second-order valence-corrected chi connectivity index (χ2v) is 8.16. The van der Waals surface area contributed by atoms with Crippen molar-refractivity contribution in [3.63, 3.8) is 0 Å². The van der Waals surface area contributed by atoms with Crippen LogP contribution in [0.3, 0.4) is 0 Å². The van der Waals surface area contributed by atoms with Crippen molar-refractivity contribution in [2.24, 2.45) is 4.99 Å². The normalized spacial score (nSPS) is 17.7. The number of aliphatic imine (C=N–C) groups is 1. The third-order valence-corrected chi connectivity index (χ3v) is 5.98. The predicted molar refractivity (Wildman–Crippen MR) is 111 cm³/mol. The molecule has 9 nitrogen and oxygen atoms in total. The molecule has 2 heterocycles. The van der Waals surface area contributed by atoms with Gasteiger partial charge in [0.15, 0.2) is 5.78 Å². The van der Waals surface area contributed by atoms with Crippen LogP contribution >= 0.6 is 27.5 Å². The van der Waals surface area contributed by atoms with Crippen LogP contribution in [0.2, 0.25) is 5.02 Å². The van der Waals surface area contributed by atoms with Gasteiger partial charge in [-0.05, 0) is 40.2 Å². The third-order valence-electron chi connectivity index (χ3n) is 5.03. The maximum absolute atomic E-state index is 13.7. The van der Waals surface area contributed by atoms with E-state index < -0.39 is 48.2 Å². The van der Waals surface area contributed by atoms with Gasteiger partial charge in [0.2, 0.25) is 5.96 Å². The predicted octanol–water partition coefficient (Wildman–Crippen LogP) is 1.59. The highest BCUT2D eigenvalue weighted by Crippen LogP contribution is 2.51. The van der Waals surface area contributed by atoms with Gasteiger partial charge in [-0.25, -0.2) is 13.7 Å². The van der Waals surface area contributed by atoms with E-state index >= 15 is 0 Å². The van der Waals surface area contributed by atoms with E-state index in [1.807, 2.05) is 0 Å². The van der Waals surface area contributed by atoms with Crippen LogP contribution in [0.1, 0.15) is 21.5 Å². The average Bonchev–Trinajstić information content (AvgIpc) is 3.10. The van der Waals surface area contributed by atoms with Gasteiger partial charge in [-0.2, -0.15) is 10.3 Å². The second kappa shape index (κ2) is 7.45. The molecule has 166 valence electrons. The van der Waals surface area contributed by atoms with Gasteiger partial charge < -0.3 is 25.3 Å². The summed E-state index contributed by atoms with van der Waals surface area (Å²) in [5.74, 6) is -8.98. The molecule has 4 rings (SSSR count). The molecule has 0 radical (unpaired) electrons. The van der Waals surface area contributed by atoms with E-state index in [1.54, 1.807) is 6.07 Å². The van der Waals surface area contributed by atoms with E-state index in [0.717, 1.165) is 23.1 Å². The number of aliphatic hydroxyl groups is 4. The Kier molecular flexibility index (Phi) is 5.24. The van der Waals surface area contributed by atoms with E-state index in [2.05, 4.69) is 20.9 Å². The van der Waals surface area contributed by atoms with Crippen molar-refractivity contribution in [3.05, 3.63) is 56.3 Å². The van der Waals surface area contributed by atoms with Gasteiger partial charge in [0, 0.05) is 10.0 Å². The summed E-state index contributed by atoms with van der Waals surface area (Å²) in [5, 5.41) is 50.5. The average molecular weight is 530 g/mol. The number of hydrogen-bond donors (Lipinski definition) is 4. The molecular formula is C19H12BrClF2N4O5. The Morgan fingerprint density at radius 3 is 2.59 bits per heavy atom. The smallest absolute Gasteiger partial charge is 0.342 e. The minimum Gasteiger partial charge on any atom is -0.342 e. The van der Waals surface area contributed by atoms with Crippen LogP contribution in [0.15, 0.2) is 33.7 Å². The fraction of sp³-hybridized carbons (Fsp3) is 0.211. The van der Waals surface area contributed by atoms with E-state index in [-0.39, 0.29) is 32.0 Å². The Hall–Kier alpha value is -2.66. The minimum absolute atomic E-state index is 0.0367. The lowest BCUT2D eigenvalue weighted by Gasteiger charge is -2.32. The minimum atomic E-state index is -3.46. The van der Waals surface area contributed by atoms with Crippen LogP contribution in [-0.2, 0) is 0 Å². The lowest BCUT2D eigenvalue weighted by molar-refractivity contribution is -0.339. The number of ketones is 1. The van der Waals surface area contributed by atoms with Crippen molar-refractivity contribution >= 4 is 50.6 Å². The molecule has 0 amide bonds. The number of anilines is 2. The monoisotopic (exact) mass is 528 g/mol. The second-order valence-electron chi connectivity index (χ2n) is 6.90. The van der Waals surface area contributed by atoms with E-state index in [4.69, 9.17) is 11.6 Å². The van der Waals surface area contributed by atoms with Gasteiger partial charge in [0.1, 0.15) is 18.6 Å². The molecule has 0 aliphatic carbocycles. The highest BCUT2D eigenvalue weighted by atomic mass is 79.9. The van der Waals surface area contributed by atoms with Gasteiger partial charge in [0.25, 0.3) is 0 Å². The maximum Gasteiger partial charge on any atom is 0.347 e. The van der Waals surface area contributed by atoms with Gasteiger partial charge in [-0.3, -0.25) is 4.79 Å². The number of fused-ring (bicyclic) bond motifs is 3. The topological polar surface area (TPSA) is 141 Å². The molecule has 0 aromatic heterocycles. The van der Waals surface area contributed by atoms with E-state index in [0.29, 0.717) is 4.90 Å². The molecule has 32 heavy (non-hydrogen) atoms. The molecule has 2 aliphatic rings. The standard InChI is InChI=1S/C19H12BrClF2N4O5/c20-11-6-13-15(27-17(26(13)4-3-22)25-18(29,30)19(27,31)32)10(7-24)14(11)16(28)9-5-8(23)1-2-12(9)21/h1-2,5-6,29-32H,3-4H2. The maximum atomic E-state index is 13.7. The van der Waals surface area contributed by atoms with Crippen LogP contribution in [-0.4, -0.2) is 57.2 Å². The fourth-order valence-corrected chi connectivity index (χ4v) is 4.40. The summed E-state index contributed by atoms with van der Waals surface area (Å²) in [5.41, 5.74) is -1.33. The molecule has 0 bridgehead atoms. The first-order valence-electron chi connectivity index (χ1n) is 8.85. The number of guanidine groups is 1. The zero-order valence-electron chi connectivity index (χ0n) is 15.7. The summed E-state index contributed by atoms with van der Waals surface area (Å²) in [6, 6.07) is 6.13. The number of benzene rings is 2. The summed E-state index contributed by atoms with van der Waals surface area (Å²) in [7, 11) is 0. The number of rotatable bonds is 4. The molecule has 2 aromatic carbocycles. The third kappa shape index (κ3) is 3.01. The van der Waals surface area contributed by atoms with Crippen LogP contribution in [0.5, 0.6) is 0 Å². The van der Waals surface area contributed by atoms with Crippen molar-refractivity contribution in [2.75, 3.05) is 23.0 Å². The molecule has 0 saturated carbocycles. The molecule has 0 spiro atoms. The molecule has 2 aromatic rings. The van der Waals surface area contributed by atoms with Crippen LogP contribution < -0.4 is 9.80 Å². The number of hydrogen-bond acceptors (Lipinski definition) is 9. The number of alkyl halides is 1. The summed E-state index contributed by atoms with van der Waals surface area (Å²) >= 11 is 9.21. The lowest BCUT2D eigenvalue weighted by Crippen LogP contribution is -2.60. The number of carbonyl (C=O) groups is 1. The van der Waals surface area contributed by atoms with Crippen LogP contribution in [0.25, 0.3) is 0 Å². The molecule has 0 fully saturated rings. The summed E-state index contributed by atoms with van der Waals surface area (Å²) in [6.45, 7) is -1.34. The first-order chi connectivity index (χ1) is 15.0. The molecular weight excluding hydrogens is 518 g/mol. The highest BCUT2D eigenvalue weighted by molar-refractivity contribution is 9.10. The Morgan fingerprint density at radius 1 is 1.28 bits per heavy atom. The quantitative estimate of drug-likeness (QED) is 0.346. The molecule has 0 atom stereocenters. The SMILES string of the molecule is N#Cc1c(C(=O)c2cc(F)ccc2Cl)c(Br)cc2c1N1C(=NC(O)(O)C1(O)O)N2CCF. The van der Waals surface area contributed by atoms with Gasteiger partial charge >= 0.3 is 11.8 Å². The number of carbonyl (C=O) groups excluding carboxylic acids is 1. The van der Waals surface area contributed by atoms with Gasteiger partial charge in [-0.15, -0.1) is 0 Å². The zero-order valence-corrected chi connectivity index (χ0v) is 18.1. The first kappa shape index (κ1) is 22.5. The fourth-order valence-electron chi connectivity index (χ4n) is 3.60.